The zero-order chi connectivity index (χ0) is 16.6. The monoisotopic (exact) mass is 348 g/mol. The standard InChI is InChI=1S/C18H18Cl2N2O/c1-22-17-7-5-12(10-3-6-15(19)16(20)9-10)13-4-2-11(18(21)23)8-14(13)17/h2-4,6,8-9,12,17,22H,5,7H2,1H3,(H2,21,23)/t12-,17-/m0/s1. The second-order valence-electron chi connectivity index (χ2n) is 5.85. The minimum Gasteiger partial charge on any atom is -0.366 e. The van der Waals surface area contributed by atoms with E-state index in [4.69, 9.17) is 28.9 Å². The summed E-state index contributed by atoms with van der Waals surface area (Å²) in [6.45, 7) is 0. The Morgan fingerprint density at radius 2 is 1.87 bits per heavy atom. The van der Waals surface area contributed by atoms with Gasteiger partial charge in [0.15, 0.2) is 0 Å². The Kier molecular flexibility index (Phi) is 4.62. The first-order chi connectivity index (χ1) is 11.0. The van der Waals surface area contributed by atoms with Crippen LogP contribution in [0.25, 0.3) is 0 Å². The maximum absolute atomic E-state index is 11.5. The van der Waals surface area contributed by atoms with Crippen molar-refractivity contribution < 1.29 is 4.79 Å². The fourth-order valence-corrected chi connectivity index (χ4v) is 3.67. The molecular weight excluding hydrogens is 331 g/mol. The van der Waals surface area contributed by atoms with Gasteiger partial charge in [-0.2, -0.15) is 0 Å². The summed E-state index contributed by atoms with van der Waals surface area (Å²) in [5.74, 6) is -0.161. The van der Waals surface area contributed by atoms with Gasteiger partial charge in [-0.25, -0.2) is 0 Å². The average molecular weight is 349 g/mol. The maximum atomic E-state index is 11.5. The first-order valence-electron chi connectivity index (χ1n) is 7.57. The number of fused-ring (bicyclic) bond motifs is 1. The molecule has 5 heteroatoms. The van der Waals surface area contributed by atoms with Crippen molar-refractivity contribution in [1.82, 2.24) is 5.32 Å². The number of nitrogens with two attached hydrogens (primary N) is 1. The lowest BCUT2D eigenvalue weighted by Gasteiger charge is -2.32. The van der Waals surface area contributed by atoms with Crippen molar-refractivity contribution in [3.05, 3.63) is 68.7 Å². The molecule has 0 aromatic heterocycles. The molecule has 2 aromatic carbocycles. The Balaban J connectivity index is 2.08. The average Bonchev–Trinajstić information content (AvgIpc) is 2.55. The summed E-state index contributed by atoms with van der Waals surface area (Å²) in [7, 11) is 1.94. The number of rotatable bonds is 3. The van der Waals surface area contributed by atoms with Gasteiger partial charge in [0.25, 0.3) is 0 Å². The summed E-state index contributed by atoms with van der Waals surface area (Å²) in [5, 5.41) is 4.44. The van der Waals surface area contributed by atoms with Gasteiger partial charge in [0.2, 0.25) is 5.91 Å². The van der Waals surface area contributed by atoms with Crippen molar-refractivity contribution in [3.63, 3.8) is 0 Å². The zero-order valence-electron chi connectivity index (χ0n) is 12.8. The fraction of sp³-hybridized carbons (Fsp3) is 0.278. The predicted octanol–water partition coefficient (Wildman–Crippen LogP) is 4.28. The summed E-state index contributed by atoms with van der Waals surface area (Å²) in [4.78, 5) is 11.5. The van der Waals surface area contributed by atoms with Gasteiger partial charge in [0.05, 0.1) is 10.0 Å². The third-order valence-corrected chi connectivity index (χ3v) is 5.30. The van der Waals surface area contributed by atoms with Crippen molar-refractivity contribution in [3.8, 4) is 0 Å². The van der Waals surface area contributed by atoms with Gasteiger partial charge in [-0.1, -0.05) is 35.3 Å². The van der Waals surface area contributed by atoms with Crippen molar-refractivity contribution in [1.29, 1.82) is 0 Å². The van der Waals surface area contributed by atoms with E-state index < -0.39 is 5.91 Å². The third-order valence-electron chi connectivity index (χ3n) is 4.56. The molecule has 1 amide bonds. The van der Waals surface area contributed by atoms with Crippen LogP contribution in [-0.4, -0.2) is 13.0 Å². The Morgan fingerprint density at radius 3 is 2.52 bits per heavy atom. The van der Waals surface area contributed by atoms with Crippen molar-refractivity contribution >= 4 is 29.1 Å². The molecule has 0 saturated carbocycles. The minimum atomic E-state index is -0.403. The van der Waals surface area contributed by atoms with E-state index >= 15 is 0 Å². The molecule has 1 aliphatic rings. The number of primary amides is 1. The lowest BCUT2D eigenvalue weighted by Crippen LogP contribution is -2.25. The molecule has 2 aromatic rings. The topological polar surface area (TPSA) is 55.1 Å². The molecule has 0 heterocycles. The largest absolute Gasteiger partial charge is 0.366 e. The molecule has 0 spiro atoms. The van der Waals surface area contributed by atoms with Crippen LogP contribution in [0.4, 0.5) is 0 Å². The number of hydrogen-bond donors (Lipinski definition) is 2. The summed E-state index contributed by atoms with van der Waals surface area (Å²) >= 11 is 12.2. The lowest BCUT2D eigenvalue weighted by atomic mass is 9.76. The van der Waals surface area contributed by atoms with Crippen LogP contribution in [-0.2, 0) is 0 Å². The molecule has 0 fully saturated rings. The van der Waals surface area contributed by atoms with E-state index in [0.717, 1.165) is 24.0 Å². The zero-order valence-corrected chi connectivity index (χ0v) is 14.3. The summed E-state index contributed by atoms with van der Waals surface area (Å²) in [5.41, 5.74) is 9.44. The SMILES string of the molecule is CN[C@H]1CC[C@@H](c2ccc(Cl)c(Cl)c2)c2ccc(C(N)=O)cc21. The number of benzene rings is 2. The molecule has 1 aliphatic carbocycles. The molecule has 23 heavy (non-hydrogen) atoms. The van der Waals surface area contributed by atoms with E-state index in [2.05, 4.69) is 5.32 Å². The van der Waals surface area contributed by atoms with E-state index in [0.29, 0.717) is 15.6 Å². The first kappa shape index (κ1) is 16.3. The van der Waals surface area contributed by atoms with Crippen LogP contribution < -0.4 is 11.1 Å². The Labute approximate surface area is 145 Å². The van der Waals surface area contributed by atoms with Gasteiger partial charge < -0.3 is 11.1 Å². The second-order valence-corrected chi connectivity index (χ2v) is 6.67. The van der Waals surface area contributed by atoms with Crippen LogP contribution in [0.2, 0.25) is 10.0 Å². The van der Waals surface area contributed by atoms with E-state index in [1.807, 2.05) is 37.4 Å². The number of hydrogen-bond acceptors (Lipinski definition) is 2. The normalized spacial score (nSPS) is 20.1. The number of carbonyl (C=O) groups is 1. The van der Waals surface area contributed by atoms with Gasteiger partial charge in [-0.3, -0.25) is 4.79 Å². The molecule has 0 bridgehead atoms. The van der Waals surface area contributed by atoms with Crippen molar-refractivity contribution in [2.45, 2.75) is 24.8 Å². The highest BCUT2D eigenvalue weighted by Crippen LogP contribution is 2.42. The maximum Gasteiger partial charge on any atom is 0.248 e. The first-order valence-corrected chi connectivity index (χ1v) is 8.32. The highest BCUT2D eigenvalue weighted by atomic mass is 35.5. The smallest absolute Gasteiger partial charge is 0.248 e. The highest BCUT2D eigenvalue weighted by molar-refractivity contribution is 6.42. The number of nitrogens with one attached hydrogen (secondary N) is 1. The van der Waals surface area contributed by atoms with Crippen LogP contribution in [0.15, 0.2) is 36.4 Å². The molecule has 0 radical (unpaired) electrons. The number of amides is 1. The molecule has 2 atom stereocenters. The third kappa shape index (κ3) is 3.09. The quantitative estimate of drug-likeness (QED) is 0.869. The van der Waals surface area contributed by atoms with Crippen LogP contribution in [0.5, 0.6) is 0 Å². The van der Waals surface area contributed by atoms with Gasteiger partial charge in [0.1, 0.15) is 0 Å². The van der Waals surface area contributed by atoms with Gasteiger partial charge in [-0.15, -0.1) is 0 Å². The van der Waals surface area contributed by atoms with Crippen LogP contribution in [0, 0.1) is 0 Å². The molecule has 0 unspecified atom stereocenters. The fourth-order valence-electron chi connectivity index (χ4n) is 3.37. The predicted molar refractivity (Wildman–Crippen MR) is 94.3 cm³/mol. The van der Waals surface area contributed by atoms with E-state index in [1.165, 1.54) is 5.56 Å². The lowest BCUT2D eigenvalue weighted by molar-refractivity contribution is 0.1000. The van der Waals surface area contributed by atoms with Crippen molar-refractivity contribution in [2.24, 2.45) is 5.73 Å². The van der Waals surface area contributed by atoms with Crippen LogP contribution in [0.3, 0.4) is 0 Å². The number of carbonyl (C=O) groups excluding carboxylic acids is 1. The van der Waals surface area contributed by atoms with Crippen molar-refractivity contribution in [2.75, 3.05) is 7.05 Å². The molecule has 0 aliphatic heterocycles. The van der Waals surface area contributed by atoms with E-state index in [-0.39, 0.29) is 12.0 Å². The van der Waals surface area contributed by atoms with Crippen LogP contribution in [0.1, 0.15) is 51.8 Å². The minimum absolute atomic E-state index is 0.225. The van der Waals surface area contributed by atoms with Gasteiger partial charge >= 0.3 is 0 Å². The molecule has 120 valence electrons. The molecule has 3 N–H and O–H groups in total. The molecule has 3 rings (SSSR count). The van der Waals surface area contributed by atoms with E-state index in [1.54, 1.807) is 6.07 Å². The van der Waals surface area contributed by atoms with Gasteiger partial charge in [-0.05, 0) is 60.8 Å². The second kappa shape index (κ2) is 6.52. The Morgan fingerprint density at radius 1 is 1.09 bits per heavy atom. The van der Waals surface area contributed by atoms with Gasteiger partial charge in [0, 0.05) is 17.5 Å². The summed E-state index contributed by atoms with van der Waals surface area (Å²) < 4.78 is 0. The molecule has 0 saturated heterocycles. The Bertz CT molecular complexity index is 761. The summed E-state index contributed by atoms with van der Waals surface area (Å²) in [6.07, 6.45) is 1.99. The van der Waals surface area contributed by atoms with E-state index in [9.17, 15) is 4.79 Å². The molecular formula is C18H18Cl2N2O. The number of halogens is 2. The molecule has 3 nitrogen and oxygen atoms in total. The summed E-state index contributed by atoms with van der Waals surface area (Å²) in [6, 6.07) is 11.7. The highest BCUT2D eigenvalue weighted by Gasteiger charge is 2.28. The Hall–Kier alpha value is -1.55. The van der Waals surface area contributed by atoms with Crippen LogP contribution >= 0.6 is 23.2 Å².